The van der Waals surface area contributed by atoms with Crippen LogP contribution in [0.15, 0.2) is 48.5 Å². The van der Waals surface area contributed by atoms with E-state index in [1.165, 1.54) is 7.11 Å². The van der Waals surface area contributed by atoms with E-state index >= 15 is 0 Å². The Kier molecular flexibility index (Phi) is 6.13. The smallest absolute Gasteiger partial charge is 0.325 e. The van der Waals surface area contributed by atoms with Crippen molar-refractivity contribution in [3.05, 3.63) is 54.1 Å². The molecular weight excluding hydrogens is 318 g/mol. The summed E-state index contributed by atoms with van der Waals surface area (Å²) in [5.74, 6) is -0.744. The van der Waals surface area contributed by atoms with Crippen LogP contribution in [-0.4, -0.2) is 39.1 Å². The van der Waals surface area contributed by atoms with Crippen molar-refractivity contribution in [1.29, 1.82) is 5.26 Å². The molecule has 0 aliphatic heterocycles. The fourth-order valence-electron chi connectivity index (χ4n) is 2.25. The number of methoxy groups -OCH3 is 1. The van der Waals surface area contributed by atoms with Crippen LogP contribution in [0.5, 0.6) is 0 Å². The molecule has 6 heteroatoms. The molecule has 0 saturated carbocycles. The van der Waals surface area contributed by atoms with Crippen molar-refractivity contribution in [1.82, 2.24) is 5.32 Å². The molecule has 0 aliphatic carbocycles. The van der Waals surface area contributed by atoms with Gasteiger partial charge in [0, 0.05) is 12.7 Å². The molecule has 2 aromatic carbocycles. The molecule has 2 rings (SSSR count). The summed E-state index contributed by atoms with van der Waals surface area (Å²) >= 11 is 0. The summed E-state index contributed by atoms with van der Waals surface area (Å²) in [6.07, 6.45) is 0. The largest absolute Gasteiger partial charge is 0.468 e. The van der Waals surface area contributed by atoms with E-state index in [0.29, 0.717) is 5.56 Å². The van der Waals surface area contributed by atoms with Crippen LogP contribution in [0.3, 0.4) is 0 Å². The summed E-state index contributed by atoms with van der Waals surface area (Å²) in [5.41, 5.74) is 3.55. The van der Waals surface area contributed by atoms with Crippen LogP contribution in [0.4, 0.5) is 5.69 Å². The van der Waals surface area contributed by atoms with Crippen molar-refractivity contribution < 1.29 is 14.3 Å². The maximum Gasteiger partial charge on any atom is 0.325 e. The maximum absolute atomic E-state index is 11.8. The molecule has 0 fully saturated rings. The number of anilines is 1. The molecule has 0 aromatic heterocycles. The lowest BCUT2D eigenvalue weighted by atomic mass is 10.0. The second-order valence-electron chi connectivity index (χ2n) is 5.44. The molecule has 128 valence electrons. The highest BCUT2D eigenvalue weighted by Gasteiger charge is 2.09. The minimum atomic E-state index is -0.484. The summed E-state index contributed by atoms with van der Waals surface area (Å²) in [7, 11) is 3.07. The number of amides is 1. The second-order valence-corrected chi connectivity index (χ2v) is 5.44. The quantitative estimate of drug-likeness (QED) is 0.815. The number of carbonyl (C=O) groups is 2. The summed E-state index contributed by atoms with van der Waals surface area (Å²) in [4.78, 5) is 24.6. The number of nitriles is 1. The van der Waals surface area contributed by atoms with Crippen LogP contribution in [0, 0.1) is 11.3 Å². The predicted octanol–water partition coefficient (Wildman–Crippen LogP) is 1.95. The third kappa shape index (κ3) is 5.08. The van der Waals surface area contributed by atoms with E-state index in [4.69, 9.17) is 5.26 Å². The van der Waals surface area contributed by atoms with Gasteiger partial charge in [-0.3, -0.25) is 9.59 Å². The zero-order valence-electron chi connectivity index (χ0n) is 14.2. The fourth-order valence-corrected chi connectivity index (χ4v) is 2.25. The number of likely N-dealkylation sites (N-methyl/N-ethyl adjacent to an activating group) is 1. The van der Waals surface area contributed by atoms with Gasteiger partial charge < -0.3 is 15.0 Å². The second kappa shape index (κ2) is 8.50. The van der Waals surface area contributed by atoms with Crippen LogP contribution >= 0.6 is 0 Å². The van der Waals surface area contributed by atoms with Crippen LogP contribution in [0.25, 0.3) is 11.1 Å². The first-order valence-electron chi connectivity index (χ1n) is 7.68. The minimum Gasteiger partial charge on any atom is -0.468 e. The van der Waals surface area contributed by atoms with Crippen molar-refractivity contribution >= 4 is 17.6 Å². The Balaban J connectivity index is 1.97. The number of nitrogens with zero attached hydrogens (tertiary/aromatic N) is 2. The number of nitrogens with one attached hydrogen (secondary N) is 1. The van der Waals surface area contributed by atoms with Crippen LogP contribution < -0.4 is 10.2 Å². The van der Waals surface area contributed by atoms with Gasteiger partial charge in [-0.15, -0.1) is 0 Å². The van der Waals surface area contributed by atoms with E-state index in [1.54, 1.807) is 24.1 Å². The van der Waals surface area contributed by atoms with Crippen molar-refractivity contribution in [2.75, 3.05) is 32.1 Å². The average molecular weight is 337 g/mol. The van der Waals surface area contributed by atoms with Crippen LogP contribution in [0.2, 0.25) is 0 Å². The van der Waals surface area contributed by atoms with Crippen molar-refractivity contribution in [3.63, 3.8) is 0 Å². The van der Waals surface area contributed by atoms with Gasteiger partial charge in [0.15, 0.2) is 0 Å². The topological polar surface area (TPSA) is 82.4 Å². The molecule has 6 nitrogen and oxygen atoms in total. The molecule has 2 aromatic rings. The third-order valence-corrected chi connectivity index (χ3v) is 3.69. The van der Waals surface area contributed by atoms with Crippen molar-refractivity contribution in [2.24, 2.45) is 0 Å². The van der Waals surface area contributed by atoms with Gasteiger partial charge in [-0.1, -0.05) is 24.3 Å². The van der Waals surface area contributed by atoms with Gasteiger partial charge in [0.1, 0.15) is 6.54 Å². The Labute approximate surface area is 146 Å². The zero-order chi connectivity index (χ0) is 18.2. The maximum atomic E-state index is 11.8. The first-order valence-corrected chi connectivity index (χ1v) is 7.68. The normalized spacial score (nSPS) is 9.80. The highest BCUT2D eigenvalue weighted by Crippen LogP contribution is 2.23. The first-order chi connectivity index (χ1) is 12.0. The summed E-state index contributed by atoms with van der Waals surface area (Å²) < 4.78 is 4.47. The Morgan fingerprint density at radius 3 is 2.16 bits per heavy atom. The van der Waals surface area contributed by atoms with E-state index in [-0.39, 0.29) is 19.0 Å². The Morgan fingerprint density at radius 1 is 1.08 bits per heavy atom. The first kappa shape index (κ1) is 18.0. The zero-order valence-corrected chi connectivity index (χ0v) is 14.2. The summed E-state index contributed by atoms with van der Waals surface area (Å²) in [6.45, 7) is -0.00594. The molecule has 0 atom stereocenters. The van der Waals surface area contributed by atoms with Gasteiger partial charge in [0.25, 0.3) is 0 Å². The minimum absolute atomic E-state index is 0.132. The van der Waals surface area contributed by atoms with E-state index in [9.17, 15) is 9.59 Å². The van der Waals surface area contributed by atoms with Gasteiger partial charge in [0.05, 0.1) is 25.3 Å². The monoisotopic (exact) mass is 337 g/mol. The molecular formula is C19H19N3O3. The number of ether oxygens (including phenoxy) is 1. The number of hydrogen-bond donors (Lipinski definition) is 1. The predicted molar refractivity (Wildman–Crippen MR) is 94.9 cm³/mol. The number of rotatable bonds is 6. The van der Waals surface area contributed by atoms with E-state index in [1.807, 2.05) is 36.4 Å². The number of benzene rings is 2. The molecule has 0 heterocycles. The van der Waals surface area contributed by atoms with Crippen LogP contribution in [-0.2, 0) is 14.3 Å². The SMILES string of the molecule is COC(=O)CNC(=O)CN(C)c1ccc(-c2ccc(C#N)cc2)cc1. The lowest BCUT2D eigenvalue weighted by Crippen LogP contribution is -2.38. The Bertz CT molecular complexity index is 777. The molecule has 0 unspecified atom stereocenters. The average Bonchev–Trinajstić information content (AvgIpc) is 2.66. The highest BCUT2D eigenvalue weighted by molar-refractivity contribution is 5.85. The van der Waals surface area contributed by atoms with Gasteiger partial charge in [-0.25, -0.2) is 0 Å². The van der Waals surface area contributed by atoms with Gasteiger partial charge in [0.2, 0.25) is 5.91 Å². The molecule has 0 aliphatic rings. The van der Waals surface area contributed by atoms with E-state index in [2.05, 4.69) is 16.1 Å². The van der Waals surface area contributed by atoms with Crippen LogP contribution in [0.1, 0.15) is 5.56 Å². The highest BCUT2D eigenvalue weighted by atomic mass is 16.5. The molecule has 0 saturated heterocycles. The molecule has 1 N–H and O–H groups in total. The van der Waals surface area contributed by atoms with Crippen molar-refractivity contribution in [3.8, 4) is 17.2 Å². The summed E-state index contributed by atoms with van der Waals surface area (Å²) in [6, 6.07) is 17.2. The molecule has 0 spiro atoms. The molecule has 0 radical (unpaired) electrons. The Hall–Kier alpha value is -3.33. The van der Waals surface area contributed by atoms with E-state index in [0.717, 1.165) is 16.8 Å². The number of esters is 1. The number of carbonyl (C=O) groups excluding carboxylic acids is 2. The molecule has 1 amide bonds. The van der Waals surface area contributed by atoms with E-state index < -0.39 is 5.97 Å². The van der Waals surface area contributed by atoms with Gasteiger partial charge in [-0.2, -0.15) is 5.26 Å². The fraction of sp³-hybridized carbons (Fsp3) is 0.211. The third-order valence-electron chi connectivity index (χ3n) is 3.69. The Morgan fingerprint density at radius 2 is 1.64 bits per heavy atom. The van der Waals surface area contributed by atoms with Crippen molar-refractivity contribution in [2.45, 2.75) is 0 Å². The molecule has 0 bridgehead atoms. The lowest BCUT2D eigenvalue weighted by molar-refractivity contribution is -0.141. The summed E-state index contributed by atoms with van der Waals surface area (Å²) in [5, 5.41) is 11.3. The van der Waals surface area contributed by atoms with Gasteiger partial charge >= 0.3 is 5.97 Å². The standard InChI is InChI=1S/C19H19N3O3/c1-22(13-18(23)21-12-19(24)25-2)17-9-7-16(8-10-17)15-5-3-14(11-20)4-6-15/h3-10H,12-13H2,1-2H3,(H,21,23). The van der Waals surface area contributed by atoms with Gasteiger partial charge in [-0.05, 0) is 35.4 Å². The number of hydrogen-bond acceptors (Lipinski definition) is 5. The lowest BCUT2D eigenvalue weighted by Gasteiger charge is -2.19. The molecule has 25 heavy (non-hydrogen) atoms.